The molecular weight excluding hydrogens is 240 g/mol. The van der Waals surface area contributed by atoms with E-state index in [-0.39, 0.29) is 23.2 Å². The molecule has 0 aliphatic carbocycles. The van der Waals surface area contributed by atoms with Gasteiger partial charge in [0, 0.05) is 19.1 Å². The van der Waals surface area contributed by atoms with Gasteiger partial charge in [-0.1, -0.05) is 0 Å². The predicted molar refractivity (Wildman–Crippen MR) is 76.1 cm³/mol. The maximum absolute atomic E-state index is 12.7. The van der Waals surface area contributed by atoms with E-state index < -0.39 is 0 Å². The Balaban J connectivity index is 2.05. The fraction of sp³-hybridized carbons (Fsp3) is 0.933. The Labute approximate surface area is 116 Å². The Hall–Kier alpha value is -0.610. The third kappa shape index (κ3) is 3.69. The van der Waals surface area contributed by atoms with Crippen molar-refractivity contribution in [1.82, 2.24) is 10.2 Å². The number of nitrogens with zero attached hydrogens (tertiary/aromatic N) is 1. The summed E-state index contributed by atoms with van der Waals surface area (Å²) < 4.78 is 6.04. The molecule has 4 nitrogen and oxygen atoms in total. The first-order valence-corrected chi connectivity index (χ1v) is 7.44. The van der Waals surface area contributed by atoms with Gasteiger partial charge in [0.2, 0.25) is 5.91 Å². The van der Waals surface area contributed by atoms with Crippen molar-refractivity contribution in [3.05, 3.63) is 0 Å². The molecule has 1 N–H and O–H groups in total. The standard InChI is InChI=1S/C15H28N2O2/c1-11-7-6-8-12(16-11)13(18)17-9-14(2,3)19-15(4,5)10-17/h11-12,16H,6-10H2,1-5H3. The molecule has 0 aromatic rings. The average Bonchev–Trinajstić information content (AvgIpc) is 2.23. The second-order valence-electron chi connectivity index (χ2n) is 7.37. The van der Waals surface area contributed by atoms with E-state index in [1.165, 1.54) is 6.42 Å². The van der Waals surface area contributed by atoms with Crippen LogP contribution in [0.4, 0.5) is 0 Å². The summed E-state index contributed by atoms with van der Waals surface area (Å²) in [6, 6.07) is 0.443. The monoisotopic (exact) mass is 268 g/mol. The Morgan fingerprint density at radius 2 is 1.74 bits per heavy atom. The number of carbonyl (C=O) groups excluding carboxylic acids is 1. The summed E-state index contributed by atoms with van der Waals surface area (Å²) in [5.41, 5.74) is -0.532. The maximum atomic E-state index is 12.7. The van der Waals surface area contributed by atoms with E-state index in [0.717, 1.165) is 12.8 Å². The summed E-state index contributed by atoms with van der Waals surface area (Å²) in [6.07, 6.45) is 3.27. The van der Waals surface area contributed by atoms with Crippen molar-refractivity contribution in [2.45, 2.75) is 77.2 Å². The third-order valence-electron chi connectivity index (χ3n) is 3.92. The number of hydrogen-bond acceptors (Lipinski definition) is 3. The zero-order valence-electron chi connectivity index (χ0n) is 13.0. The van der Waals surface area contributed by atoms with Crippen LogP contribution in [0.3, 0.4) is 0 Å². The van der Waals surface area contributed by atoms with Gasteiger partial charge in [-0.15, -0.1) is 0 Å². The van der Waals surface area contributed by atoms with Gasteiger partial charge in [0.1, 0.15) is 0 Å². The smallest absolute Gasteiger partial charge is 0.239 e. The molecule has 110 valence electrons. The molecule has 0 spiro atoms. The fourth-order valence-corrected chi connectivity index (χ4v) is 3.50. The molecule has 2 aliphatic rings. The second-order valence-corrected chi connectivity index (χ2v) is 7.37. The van der Waals surface area contributed by atoms with Crippen LogP contribution in [0.25, 0.3) is 0 Å². The van der Waals surface area contributed by atoms with E-state index in [2.05, 4.69) is 39.9 Å². The van der Waals surface area contributed by atoms with Crippen LogP contribution >= 0.6 is 0 Å². The molecule has 2 atom stereocenters. The molecular formula is C15H28N2O2. The van der Waals surface area contributed by atoms with E-state index in [1.54, 1.807) is 0 Å². The van der Waals surface area contributed by atoms with Gasteiger partial charge in [-0.2, -0.15) is 0 Å². The lowest BCUT2D eigenvalue weighted by atomic mass is 9.95. The molecule has 2 unspecified atom stereocenters. The lowest BCUT2D eigenvalue weighted by molar-refractivity contribution is -0.189. The molecule has 2 aliphatic heterocycles. The van der Waals surface area contributed by atoms with Gasteiger partial charge in [0.05, 0.1) is 17.2 Å². The summed E-state index contributed by atoms with van der Waals surface area (Å²) in [7, 11) is 0. The van der Waals surface area contributed by atoms with Crippen LogP contribution in [0.2, 0.25) is 0 Å². The van der Waals surface area contributed by atoms with Crippen molar-refractivity contribution in [2.24, 2.45) is 0 Å². The molecule has 2 fully saturated rings. The van der Waals surface area contributed by atoms with Gasteiger partial charge in [-0.05, 0) is 53.9 Å². The first-order chi connectivity index (χ1) is 8.69. The van der Waals surface area contributed by atoms with E-state index in [4.69, 9.17) is 4.74 Å². The number of amides is 1. The summed E-state index contributed by atoms with van der Waals surface area (Å²) in [5.74, 6) is 0.246. The maximum Gasteiger partial charge on any atom is 0.239 e. The van der Waals surface area contributed by atoms with Crippen molar-refractivity contribution in [2.75, 3.05) is 13.1 Å². The topological polar surface area (TPSA) is 41.6 Å². The van der Waals surface area contributed by atoms with Crippen LogP contribution in [0.15, 0.2) is 0 Å². The average molecular weight is 268 g/mol. The number of morpholine rings is 1. The van der Waals surface area contributed by atoms with Crippen LogP contribution < -0.4 is 5.32 Å². The Morgan fingerprint density at radius 1 is 1.16 bits per heavy atom. The van der Waals surface area contributed by atoms with E-state index in [1.807, 2.05) is 4.90 Å². The lowest BCUT2D eigenvalue weighted by Crippen LogP contribution is -2.62. The Kier molecular flexibility index (Phi) is 3.94. The molecule has 2 saturated heterocycles. The number of ether oxygens (including phenoxy) is 1. The number of carbonyl (C=O) groups is 1. The van der Waals surface area contributed by atoms with Gasteiger partial charge in [0.25, 0.3) is 0 Å². The Bertz CT molecular complexity index is 336. The van der Waals surface area contributed by atoms with E-state index in [9.17, 15) is 4.79 Å². The molecule has 0 aromatic carbocycles. The highest BCUT2D eigenvalue weighted by Crippen LogP contribution is 2.29. The van der Waals surface area contributed by atoms with Crippen LogP contribution in [-0.4, -0.2) is 47.2 Å². The zero-order chi connectivity index (χ0) is 14.3. The number of nitrogens with one attached hydrogen (secondary N) is 1. The minimum absolute atomic E-state index is 0.00606. The SMILES string of the molecule is CC1CCCC(C(=O)N2CC(C)(C)OC(C)(C)C2)N1. The molecule has 0 aromatic heterocycles. The number of rotatable bonds is 1. The predicted octanol–water partition coefficient (Wildman–Crippen LogP) is 1.93. The van der Waals surface area contributed by atoms with Gasteiger partial charge in [0.15, 0.2) is 0 Å². The Morgan fingerprint density at radius 3 is 2.26 bits per heavy atom. The minimum Gasteiger partial charge on any atom is -0.366 e. The number of piperidine rings is 1. The van der Waals surface area contributed by atoms with Crippen LogP contribution in [-0.2, 0) is 9.53 Å². The van der Waals surface area contributed by atoms with Crippen molar-refractivity contribution in [1.29, 1.82) is 0 Å². The van der Waals surface area contributed by atoms with Crippen LogP contribution in [0, 0.1) is 0 Å². The van der Waals surface area contributed by atoms with E-state index >= 15 is 0 Å². The van der Waals surface area contributed by atoms with Crippen molar-refractivity contribution in [3.8, 4) is 0 Å². The quantitative estimate of drug-likeness (QED) is 0.790. The molecule has 19 heavy (non-hydrogen) atoms. The highest BCUT2D eigenvalue weighted by molar-refractivity contribution is 5.82. The zero-order valence-corrected chi connectivity index (χ0v) is 13.0. The van der Waals surface area contributed by atoms with Crippen LogP contribution in [0.1, 0.15) is 53.9 Å². The normalized spacial score (nSPS) is 34.1. The highest BCUT2D eigenvalue weighted by Gasteiger charge is 2.41. The fourth-order valence-electron chi connectivity index (χ4n) is 3.50. The number of hydrogen-bond donors (Lipinski definition) is 1. The summed E-state index contributed by atoms with van der Waals surface area (Å²) in [4.78, 5) is 14.7. The van der Waals surface area contributed by atoms with Gasteiger partial charge >= 0.3 is 0 Å². The van der Waals surface area contributed by atoms with Crippen molar-refractivity contribution >= 4 is 5.91 Å². The van der Waals surface area contributed by atoms with Gasteiger partial charge in [-0.25, -0.2) is 0 Å². The molecule has 0 saturated carbocycles. The molecule has 2 heterocycles. The van der Waals surface area contributed by atoms with Gasteiger partial charge in [-0.3, -0.25) is 4.79 Å². The third-order valence-corrected chi connectivity index (χ3v) is 3.92. The second kappa shape index (κ2) is 5.06. The molecule has 0 bridgehead atoms. The molecule has 1 amide bonds. The molecule has 0 radical (unpaired) electrons. The van der Waals surface area contributed by atoms with Gasteiger partial charge < -0.3 is 15.0 Å². The highest BCUT2D eigenvalue weighted by atomic mass is 16.5. The lowest BCUT2D eigenvalue weighted by Gasteiger charge is -2.48. The van der Waals surface area contributed by atoms with Crippen molar-refractivity contribution < 1.29 is 9.53 Å². The summed E-state index contributed by atoms with van der Waals surface area (Å²) >= 11 is 0. The summed E-state index contributed by atoms with van der Waals surface area (Å²) in [6.45, 7) is 11.8. The first-order valence-electron chi connectivity index (χ1n) is 7.44. The van der Waals surface area contributed by atoms with Crippen LogP contribution in [0.5, 0.6) is 0 Å². The summed E-state index contributed by atoms with van der Waals surface area (Å²) in [5, 5.41) is 3.44. The molecule has 2 rings (SSSR count). The largest absolute Gasteiger partial charge is 0.366 e. The minimum atomic E-state index is -0.266. The first kappa shape index (κ1) is 14.8. The molecule has 4 heteroatoms. The van der Waals surface area contributed by atoms with E-state index in [0.29, 0.717) is 19.1 Å². The van der Waals surface area contributed by atoms with Crippen molar-refractivity contribution in [3.63, 3.8) is 0 Å².